The summed E-state index contributed by atoms with van der Waals surface area (Å²) in [7, 11) is 1.50. The van der Waals surface area contributed by atoms with Crippen molar-refractivity contribution in [3.63, 3.8) is 0 Å². The van der Waals surface area contributed by atoms with Crippen molar-refractivity contribution >= 4 is 12.1 Å². The lowest BCUT2D eigenvalue weighted by Gasteiger charge is -2.27. The maximum atomic E-state index is 12.9. The topological polar surface area (TPSA) is 111 Å². The number of benzene rings is 3. The number of oxazole rings is 1. The van der Waals surface area contributed by atoms with Gasteiger partial charge >= 0.3 is 12.1 Å². The number of carbonyl (C=O) groups excluding carboxylic acids is 1. The van der Waals surface area contributed by atoms with E-state index in [1.54, 1.807) is 55.5 Å². The van der Waals surface area contributed by atoms with Gasteiger partial charge in [-0.15, -0.1) is 0 Å². The molecular weight excluding hydrogens is 488 g/mol. The van der Waals surface area contributed by atoms with Crippen molar-refractivity contribution in [1.29, 1.82) is 0 Å². The molecule has 0 saturated heterocycles. The number of rotatable bonds is 10. The average molecular weight is 517 g/mol. The van der Waals surface area contributed by atoms with Gasteiger partial charge in [0.25, 0.3) is 0 Å². The van der Waals surface area contributed by atoms with Crippen LogP contribution in [0.4, 0.5) is 4.79 Å². The molecular formula is C29H28N2O7. The molecule has 9 nitrogen and oxygen atoms in total. The molecule has 1 aromatic heterocycles. The zero-order valence-electron chi connectivity index (χ0n) is 21.3. The standard InChI is InChI=1S/C29H28N2O7/c1-19(31(17-27(32)33)29(34)38-25-11-7-10-24(16-25)35-3)21-12-14-23(15-13-21)36-18-26-20(2)37-28(30-26)22-8-5-4-6-9-22/h4-16,19H,17-18H2,1-3H3,(H,32,33)/t19-/m0/s1. The van der Waals surface area contributed by atoms with E-state index in [9.17, 15) is 14.7 Å². The highest BCUT2D eigenvalue weighted by molar-refractivity contribution is 5.78. The second-order valence-corrected chi connectivity index (χ2v) is 8.49. The van der Waals surface area contributed by atoms with Gasteiger partial charge in [0.05, 0.1) is 13.2 Å². The van der Waals surface area contributed by atoms with Crippen molar-refractivity contribution in [2.75, 3.05) is 13.7 Å². The first-order chi connectivity index (χ1) is 18.3. The number of methoxy groups -OCH3 is 1. The third-order valence-corrected chi connectivity index (χ3v) is 5.91. The van der Waals surface area contributed by atoms with Crippen LogP contribution in [0.3, 0.4) is 0 Å². The molecule has 3 aromatic carbocycles. The van der Waals surface area contributed by atoms with Gasteiger partial charge in [-0.3, -0.25) is 9.69 Å². The van der Waals surface area contributed by atoms with Gasteiger partial charge in [0.1, 0.15) is 41.9 Å². The van der Waals surface area contributed by atoms with Crippen molar-refractivity contribution in [2.24, 2.45) is 0 Å². The highest BCUT2D eigenvalue weighted by Crippen LogP contribution is 2.27. The van der Waals surface area contributed by atoms with E-state index in [1.807, 2.05) is 37.3 Å². The van der Waals surface area contributed by atoms with E-state index >= 15 is 0 Å². The van der Waals surface area contributed by atoms with Crippen molar-refractivity contribution in [2.45, 2.75) is 26.5 Å². The molecule has 0 radical (unpaired) electrons. The second kappa shape index (κ2) is 12.0. The fourth-order valence-electron chi connectivity index (χ4n) is 3.77. The van der Waals surface area contributed by atoms with Crippen molar-refractivity contribution in [1.82, 2.24) is 9.88 Å². The smallest absolute Gasteiger partial charge is 0.416 e. The van der Waals surface area contributed by atoms with E-state index in [4.69, 9.17) is 18.6 Å². The van der Waals surface area contributed by atoms with Gasteiger partial charge in [0.15, 0.2) is 0 Å². The molecule has 0 spiro atoms. The van der Waals surface area contributed by atoms with Gasteiger partial charge in [-0.25, -0.2) is 9.78 Å². The first-order valence-electron chi connectivity index (χ1n) is 11.9. The predicted molar refractivity (Wildman–Crippen MR) is 139 cm³/mol. The molecule has 1 N–H and O–H groups in total. The Balaban J connectivity index is 1.42. The van der Waals surface area contributed by atoms with Crippen molar-refractivity contribution in [3.05, 3.63) is 95.9 Å². The van der Waals surface area contributed by atoms with Crippen LogP contribution in [0.1, 0.15) is 30.0 Å². The van der Waals surface area contributed by atoms with Crippen LogP contribution in [0.2, 0.25) is 0 Å². The highest BCUT2D eigenvalue weighted by Gasteiger charge is 2.26. The second-order valence-electron chi connectivity index (χ2n) is 8.49. The number of carbonyl (C=O) groups is 2. The Morgan fingerprint density at radius 3 is 2.37 bits per heavy atom. The lowest BCUT2D eigenvalue weighted by atomic mass is 10.1. The van der Waals surface area contributed by atoms with Crippen LogP contribution in [0, 0.1) is 6.92 Å². The average Bonchev–Trinajstić information content (AvgIpc) is 3.31. The molecule has 38 heavy (non-hydrogen) atoms. The Morgan fingerprint density at radius 1 is 0.974 bits per heavy atom. The lowest BCUT2D eigenvalue weighted by Crippen LogP contribution is -2.39. The monoisotopic (exact) mass is 516 g/mol. The van der Waals surface area contributed by atoms with Crippen LogP contribution in [0.15, 0.2) is 83.3 Å². The molecule has 4 rings (SSSR count). The summed E-state index contributed by atoms with van der Waals surface area (Å²) in [5, 5.41) is 9.39. The molecule has 0 aliphatic heterocycles. The fraction of sp³-hybridized carbons (Fsp3) is 0.207. The first-order valence-corrected chi connectivity index (χ1v) is 11.9. The Bertz CT molecular complexity index is 1380. The third kappa shape index (κ3) is 6.50. The summed E-state index contributed by atoms with van der Waals surface area (Å²) in [6.45, 7) is 3.26. The van der Waals surface area contributed by atoms with Gasteiger partial charge in [-0.1, -0.05) is 36.4 Å². The molecule has 4 aromatic rings. The normalized spacial score (nSPS) is 11.4. The molecule has 0 unspecified atom stereocenters. The van der Waals surface area contributed by atoms with E-state index in [2.05, 4.69) is 4.98 Å². The third-order valence-electron chi connectivity index (χ3n) is 5.91. The summed E-state index contributed by atoms with van der Waals surface area (Å²) < 4.78 is 22.2. The largest absolute Gasteiger partial charge is 0.497 e. The lowest BCUT2D eigenvalue weighted by molar-refractivity contribution is -0.138. The molecule has 0 aliphatic rings. The number of nitrogens with zero attached hydrogens (tertiary/aromatic N) is 2. The van der Waals surface area contributed by atoms with Crippen molar-refractivity contribution in [3.8, 4) is 28.7 Å². The van der Waals surface area contributed by atoms with E-state index in [0.29, 0.717) is 34.4 Å². The SMILES string of the molecule is COc1cccc(OC(=O)N(CC(=O)O)[C@@H](C)c2ccc(OCc3nc(-c4ccccc4)oc3C)cc2)c1. The number of hydrogen-bond donors (Lipinski definition) is 1. The molecule has 0 fully saturated rings. The summed E-state index contributed by atoms with van der Waals surface area (Å²) in [5.74, 6) is 1.41. The van der Waals surface area contributed by atoms with E-state index in [0.717, 1.165) is 10.5 Å². The number of amides is 1. The number of carboxylic acid groups (broad SMARTS) is 1. The zero-order chi connectivity index (χ0) is 27.1. The Hall–Kier alpha value is -4.79. The zero-order valence-corrected chi connectivity index (χ0v) is 21.3. The van der Waals surface area contributed by atoms with E-state index < -0.39 is 24.6 Å². The summed E-state index contributed by atoms with van der Waals surface area (Å²) in [5.41, 5.74) is 2.29. The Kier molecular flexibility index (Phi) is 8.27. The number of aromatic nitrogens is 1. The summed E-state index contributed by atoms with van der Waals surface area (Å²) in [6, 6.07) is 22.6. The van der Waals surface area contributed by atoms with E-state index in [-0.39, 0.29) is 12.4 Å². The van der Waals surface area contributed by atoms with Gasteiger partial charge in [-0.2, -0.15) is 0 Å². The van der Waals surface area contributed by atoms with Crippen molar-refractivity contribution < 1.29 is 33.3 Å². The van der Waals surface area contributed by atoms with Crippen LogP contribution >= 0.6 is 0 Å². The maximum absolute atomic E-state index is 12.9. The summed E-state index contributed by atoms with van der Waals surface area (Å²) in [4.78, 5) is 30.1. The Labute approximate surface area is 220 Å². The minimum atomic E-state index is -1.16. The van der Waals surface area contributed by atoms with E-state index in [1.165, 1.54) is 7.11 Å². The van der Waals surface area contributed by atoms with Gasteiger partial charge in [0, 0.05) is 11.6 Å². The van der Waals surface area contributed by atoms with Gasteiger partial charge in [-0.05, 0) is 55.8 Å². The number of hydrogen-bond acceptors (Lipinski definition) is 7. The minimum Gasteiger partial charge on any atom is -0.497 e. The van der Waals surface area contributed by atoms with Crippen LogP contribution in [-0.4, -0.2) is 40.7 Å². The molecule has 1 atom stereocenters. The van der Waals surface area contributed by atoms with Gasteiger partial charge < -0.3 is 23.7 Å². The highest BCUT2D eigenvalue weighted by atomic mass is 16.6. The van der Waals surface area contributed by atoms with Crippen LogP contribution < -0.4 is 14.2 Å². The van der Waals surface area contributed by atoms with Crippen LogP contribution in [0.5, 0.6) is 17.2 Å². The maximum Gasteiger partial charge on any atom is 0.416 e. The molecule has 1 heterocycles. The molecule has 0 saturated carbocycles. The molecule has 0 aliphatic carbocycles. The number of aliphatic carboxylic acids is 1. The van der Waals surface area contributed by atoms with Crippen LogP contribution in [0.25, 0.3) is 11.5 Å². The van der Waals surface area contributed by atoms with Crippen LogP contribution in [-0.2, 0) is 11.4 Å². The molecule has 9 heteroatoms. The number of carboxylic acids is 1. The molecule has 1 amide bonds. The fourth-order valence-corrected chi connectivity index (χ4v) is 3.77. The predicted octanol–water partition coefficient (Wildman–Crippen LogP) is 5.88. The van der Waals surface area contributed by atoms with Gasteiger partial charge in [0.2, 0.25) is 5.89 Å². The first kappa shape index (κ1) is 26.3. The number of aryl methyl sites for hydroxylation is 1. The summed E-state index contributed by atoms with van der Waals surface area (Å²) in [6.07, 6.45) is -0.788. The number of ether oxygens (including phenoxy) is 3. The Morgan fingerprint density at radius 2 is 1.68 bits per heavy atom. The summed E-state index contributed by atoms with van der Waals surface area (Å²) >= 11 is 0. The minimum absolute atomic E-state index is 0.217. The molecule has 0 bridgehead atoms. The quantitative estimate of drug-likeness (QED) is 0.278. The molecule has 196 valence electrons.